The predicted octanol–water partition coefficient (Wildman–Crippen LogP) is 2.39. The first kappa shape index (κ1) is 16.9. The lowest BCUT2D eigenvalue weighted by atomic mass is 10.2. The molecule has 0 radical (unpaired) electrons. The van der Waals surface area contributed by atoms with Gasteiger partial charge in [-0.3, -0.25) is 4.98 Å². The summed E-state index contributed by atoms with van der Waals surface area (Å²) in [5, 5.41) is 0. The zero-order valence-corrected chi connectivity index (χ0v) is 14.5. The van der Waals surface area contributed by atoms with Crippen molar-refractivity contribution in [1.29, 1.82) is 0 Å². The molecule has 7 heteroatoms. The highest BCUT2D eigenvalue weighted by molar-refractivity contribution is 9.10. The van der Waals surface area contributed by atoms with Crippen molar-refractivity contribution < 1.29 is 8.42 Å². The third kappa shape index (κ3) is 5.65. The van der Waals surface area contributed by atoms with Crippen LogP contribution in [-0.2, 0) is 10.0 Å². The van der Waals surface area contributed by atoms with Gasteiger partial charge in [-0.25, -0.2) is 13.1 Å². The van der Waals surface area contributed by atoms with Gasteiger partial charge in [-0.05, 0) is 67.3 Å². The Morgan fingerprint density at radius 2 is 1.95 bits per heavy atom. The number of rotatable bonds is 8. The second kappa shape index (κ2) is 8.22. The average molecular weight is 376 g/mol. The molecule has 2 heterocycles. The van der Waals surface area contributed by atoms with E-state index in [1.165, 1.54) is 32.1 Å². The number of likely N-dealkylation sites (tertiary alicyclic amines) is 1. The Kier molecular flexibility index (Phi) is 6.60. The van der Waals surface area contributed by atoms with E-state index in [2.05, 4.69) is 30.5 Å². The lowest BCUT2D eigenvalue weighted by Gasteiger charge is -2.13. The van der Waals surface area contributed by atoms with Crippen LogP contribution in [0.25, 0.3) is 0 Å². The molecule has 1 aliphatic rings. The number of hydrogen-bond donors (Lipinski definition) is 1. The van der Waals surface area contributed by atoms with Gasteiger partial charge < -0.3 is 4.90 Å². The molecule has 118 valence electrons. The largest absolute Gasteiger partial charge is 0.303 e. The summed E-state index contributed by atoms with van der Waals surface area (Å²) >= 11 is 3.23. The van der Waals surface area contributed by atoms with Gasteiger partial charge in [0.25, 0.3) is 0 Å². The summed E-state index contributed by atoms with van der Waals surface area (Å²) in [5.41, 5.74) is 0. The van der Waals surface area contributed by atoms with E-state index in [9.17, 15) is 8.42 Å². The first-order valence-electron chi connectivity index (χ1n) is 7.40. The highest BCUT2D eigenvalue weighted by Crippen LogP contribution is 2.14. The number of hydrogen-bond acceptors (Lipinski definition) is 4. The molecule has 21 heavy (non-hydrogen) atoms. The summed E-state index contributed by atoms with van der Waals surface area (Å²) in [6.45, 7) is 4.07. The third-order valence-electron chi connectivity index (χ3n) is 3.63. The molecule has 1 fully saturated rings. The minimum atomic E-state index is -3.44. The molecule has 1 aromatic heterocycles. The van der Waals surface area contributed by atoms with E-state index in [1.807, 2.05) is 0 Å². The normalized spacial score (nSPS) is 16.4. The Morgan fingerprint density at radius 3 is 2.67 bits per heavy atom. The molecule has 0 bridgehead atoms. The van der Waals surface area contributed by atoms with Gasteiger partial charge in [0.05, 0.1) is 0 Å². The molecular formula is C14H22BrN3O2S. The molecular weight excluding hydrogens is 354 g/mol. The molecule has 1 aromatic rings. The van der Waals surface area contributed by atoms with Gasteiger partial charge in [0.1, 0.15) is 4.90 Å². The first-order valence-corrected chi connectivity index (χ1v) is 9.68. The van der Waals surface area contributed by atoms with Gasteiger partial charge in [-0.2, -0.15) is 0 Å². The Hall–Kier alpha value is -0.500. The van der Waals surface area contributed by atoms with Crippen molar-refractivity contribution in [2.75, 3.05) is 26.2 Å². The van der Waals surface area contributed by atoms with Crippen LogP contribution in [-0.4, -0.2) is 44.5 Å². The lowest BCUT2D eigenvalue weighted by molar-refractivity contribution is 0.328. The number of sulfonamides is 1. The summed E-state index contributed by atoms with van der Waals surface area (Å²) < 4.78 is 27.4. The van der Waals surface area contributed by atoms with Crippen LogP contribution < -0.4 is 4.72 Å². The fraction of sp³-hybridized carbons (Fsp3) is 0.643. The van der Waals surface area contributed by atoms with E-state index in [4.69, 9.17) is 0 Å². The van der Waals surface area contributed by atoms with Crippen molar-refractivity contribution in [3.05, 3.63) is 22.9 Å². The number of unbranched alkanes of at least 4 members (excludes halogenated alkanes) is 2. The highest BCUT2D eigenvalue weighted by Gasteiger charge is 2.14. The Bertz CT molecular complexity index is 545. The monoisotopic (exact) mass is 375 g/mol. The molecule has 1 aliphatic heterocycles. The molecule has 1 saturated heterocycles. The number of nitrogens with zero attached hydrogens (tertiary/aromatic N) is 2. The van der Waals surface area contributed by atoms with Crippen LogP contribution in [0.5, 0.6) is 0 Å². The topological polar surface area (TPSA) is 62.3 Å². The summed E-state index contributed by atoms with van der Waals surface area (Å²) in [5.74, 6) is 0. The zero-order valence-electron chi connectivity index (χ0n) is 12.1. The van der Waals surface area contributed by atoms with Crippen LogP contribution >= 0.6 is 15.9 Å². The zero-order chi connectivity index (χ0) is 15.1. The van der Waals surface area contributed by atoms with Crippen molar-refractivity contribution in [3.8, 4) is 0 Å². The SMILES string of the molecule is O=S(=O)(NCCCCCN1CCCC1)c1cncc(Br)c1. The fourth-order valence-electron chi connectivity index (χ4n) is 2.47. The second-order valence-corrected chi connectivity index (χ2v) is 8.03. The van der Waals surface area contributed by atoms with Gasteiger partial charge in [0.2, 0.25) is 10.0 Å². The van der Waals surface area contributed by atoms with Crippen LogP contribution in [0.3, 0.4) is 0 Å². The fourth-order valence-corrected chi connectivity index (χ4v) is 4.05. The van der Waals surface area contributed by atoms with Crippen LogP contribution in [0.2, 0.25) is 0 Å². The Labute approximate surface area is 135 Å². The highest BCUT2D eigenvalue weighted by atomic mass is 79.9. The first-order chi connectivity index (χ1) is 10.1. The van der Waals surface area contributed by atoms with Crippen molar-refractivity contribution in [2.45, 2.75) is 37.0 Å². The van der Waals surface area contributed by atoms with Gasteiger partial charge >= 0.3 is 0 Å². The quantitative estimate of drug-likeness (QED) is 0.708. The molecule has 0 saturated carbocycles. The molecule has 2 rings (SSSR count). The summed E-state index contributed by atoms with van der Waals surface area (Å²) in [7, 11) is -3.44. The van der Waals surface area contributed by atoms with E-state index in [-0.39, 0.29) is 4.90 Å². The molecule has 0 aliphatic carbocycles. The molecule has 1 N–H and O–H groups in total. The molecule has 5 nitrogen and oxygen atoms in total. The van der Waals surface area contributed by atoms with Crippen LogP contribution in [0.4, 0.5) is 0 Å². The van der Waals surface area contributed by atoms with Gasteiger partial charge in [0, 0.05) is 23.4 Å². The lowest BCUT2D eigenvalue weighted by Crippen LogP contribution is -2.25. The van der Waals surface area contributed by atoms with Crippen molar-refractivity contribution in [3.63, 3.8) is 0 Å². The summed E-state index contributed by atoms with van der Waals surface area (Å²) in [4.78, 5) is 6.57. The maximum absolute atomic E-state index is 12.0. The van der Waals surface area contributed by atoms with Crippen LogP contribution in [0.15, 0.2) is 27.8 Å². The van der Waals surface area contributed by atoms with Crippen molar-refractivity contribution in [2.24, 2.45) is 0 Å². The number of halogens is 1. The summed E-state index contributed by atoms with van der Waals surface area (Å²) in [6.07, 6.45) is 8.63. The van der Waals surface area contributed by atoms with E-state index in [0.717, 1.165) is 25.8 Å². The van der Waals surface area contributed by atoms with E-state index >= 15 is 0 Å². The number of pyridine rings is 1. The van der Waals surface area contributed by atoms with Crippen molar-refractivity contribution in [1.82, 2.24) is 14.6 Å². The maximum atomic E-state index is 12.0. The van der Waals surface area contributed by atoms with Crippen molar-refractivity contribution >= 4 is 26.0 Å². The van der Waals surface area contributed by atoms with Crippen LogP contribution in [0, 0.1) is 0 Å². The maximum Gasteiger partial charge on any atom is 0.242 e. The molecule has 0 aromatic carbocycles. The van der Waals surface area contributed by atoms with Gasteiger partial charge in [0.15, 0.2) is 0 Å². The third-order valence-corrected chi connectivity index (χ3v) is 5.49. The minimum Gasteiger partial charge on any atom is -0.303 e. The van der Waals surface area contributed by atoms with E-state index in [1.54, 1.807) is 12.3 Å². The predicted molar refractivity (Wildman–Crippen MR) is 86.7 cm³/mol. The number of aromatic nitrogens is 1. The summed E-state index contributed by atoms with van der Waals surface area (Å²) in [6, 6.07) is 1.56. The second-order valence-electron chi connectivity index (χ2n) is 5.35. The standard InChI is InChI=1S/C14H22BrN3O2S/c15-13-10-14(12-16-11-13)21(19,20)17-6-2-1-3-7-18-8-4-5-9-18/h10-12,17H,1-9H2. The van der Waals surface area contributed by atoms with Gasteiger partial charge in [-0.15, -0.1) is 0 Å². The van der Waals surface area contributed by atoms with Gasteiger partial charge in [-0.1, -0.05) is 6.42 Å². The Morgan fingerprint density at radius 1 is 1.19 bits per heavy atom. The Balaban J connectivity index is 1.65. The molecule has 0 unspecified atom stereocenters. The molecule has 0 atom stereocenters. The van der Waals surface area contributed by atoms with Crippen LogP contribution in [0.1, 0.15) is 32.1 Å². The molecule has 0 spiro atoms. The van der Waals surface area contributed by atoms with E-state index in [0.29, 0.717) is 11.0 Å². The average Bonchev–Trinajstić information content (AvgIpc) is 2.96. The smallest absolute Gasteiger partial charge is 0.242 e. The minimum absolute atomic E-state index is 0.203. The molecule has 0 amide bonds. The van der Waals surface area contributed by atoms with E-state index < -0.39 is 10.0 Å². The number of nitrogens with one attached hydrogen (secondary N) is 1.